The maximum atomic E-state index is 12.9. The van der Waals surface area contributed by atoms with Crippen molar-refractivity contribution in [2.75, 3.05) is 6.54 Å². The van der Waals surface area contributed by atoms with Crippen molar-refractivity contribution in [2.45, 2.75) is 51.2 Å². The standard InChI is InChI=1S/C15H21N5O4S/c1-3-18-10-14(11(2)16-18)25(23,24)19-6-7-20-13(9-19)8-12(17-20)4-5-15(21)22/h8,10H,3-7,9H2,1-2H3,(H,21,22). The van der Waals surface area contributed by atoms with Crippen LogP contribution in [-0.4, -0.2) is 49.9 Å². The first-order chi connectivity index (χ1) is 11.8. The summed E-state index contributed by atoms with van der Waals surface area (Å²) in [5, 5.41) is 17.4. The van der Waals surface area contributed by atoms with Gasteiger partial charge in [0.05, 0.1) is 36.6 Å². The van der Waals surface area contributed by atoms with Crippen molar-refractivity contribution in [3.05, 3.63) is 29.3 Å². The van der Waals surface area contributed by atoms with Crippen LogP contribution in [-0.2, 0) is 40.9 Å². The molecule has 0 bridgehead atoms. The highest BCUT2D eigenvalue weighted by molar-refractivity contribution is 7.89. The molecule has 3 heterocycles. The van der Waals surface area contributed by atoms with Crippen LogP contribution in [0.4, 0.5) is 0 Å². The Morgan fingerprint density at radius 2 is 2.08 bits per heavy atom. The number of carboxylic acid groups (broad SMARTS) is 1. The average molecular weight is 367 g/mol. The molecular formula is C15H21N5O4S. The summed E-state index contributed by atoms with van der Waals surface area (Å²) in [6.45, 7) is 5.20. The van der Waals surface area contributed by atoms with Crippen LogP contribution >= 0.6 is 0 Å². The Morgan fingerprint density at radius 1 is 1.32 bits per heavy atom. The van der Waals surface area contributed by atoms with Gasteiger partial charge < -0.3 is 5.11 Å². The van der Waals surface area contributed by atoms with Gasteiger partial charge in [-0.1, -0.05) is 0 Å². The molecule has 0 aliphatic carbocycles. The van der Waals surface area contributed by atoms with E-state index in [9.17, 15) is 13.2 Å². The molecule has 25 heavy (non-hydrogen) atoms. The zero-order chi connectivity index (χ0) is 18.2. The zero-order valence-electron chi connectivity index (χ0n) is 14.2. The number of sulfonamides is 1. The summed E-state index contributed by atoms with van der Waals surface area (Å²) in [5.74, 6) is -0.876. The number of carboxylic acids is 1. The van der Waals surface area contributed by atoms with Crippen LogP contribution in [0.5, 0.6) is 0 Å². The van der Waals surface area contributed by atoms with Crippen LogP contribution in [0.2, 0.25) is 0 Å². The van der Waals surface area contributed by atoms with Crippen LogP contribution in [0, 0.1) is 6.92 Å². The molecule has 2 aromatic heterocycles. The summed E-state index contributed by atoms with van der Waals surface area (Å²) < 4.78 is 30.7. The molecule has 1 N–H and O–H groups in total. The molecule has 0 spiro atoms. The SMILES string of the molecule is CCn1cc(S(=O)(=O)N2CCn3nc(CCC(=O)O)cc3C2)c(C)n1. The van der Waals surface area contributed by atoms with E-state index in [1.807, 2.05) is 6.92 Å². The number of rotatable bonds is 6. The normalized spacial score (nSPS) is 15.3. The second-order valence-corrected chi connectivity index (χ2v) is 7.92. The van der Waals surface area contributed by atoms with Crippen molar-refractivity contribution in [1.82, 2.24) is 23.9 Å². The van der Waals surface area contributed by atoms with Gasteiger partial charge in [-0.25, -0.2) is 8.42 Å². The largest absolute Gasteiger partial charge is 0.481 e. The maximum Gasteiger partial charge on any atom is 0.303 e. The van der Waals surface area contributed by atoms with Gasteiger partial charge >= 0.3 is 5.97 Å². The van der Waals surface area contributed by atoms with Gasteiger partial charge in [-0.2, -0.15) is 14.5 Å². The number of fused-ring (bicyclic) bond motifs is 1. The molecule has 0 fully saturated rings. The van der Waals surface area contributed by atoms with Crippen LogP contribution in [0.3, 0.4) is 0 Å². The fraction of sp³-hybridized carbons (Fsp3) is 0.533. The topological polar surface area (TPSA) is 110 Å². The van der Waals surface area contributed by atoms with E-state index in [4.69, 9.17) is 5.11 Å². The van der Waals surface area contributed by atoms with Crippen LogP contribution < -0.4 is 0 Å². The van der Waals surface area contributed by atoms with Gasteiger partial charge in [-0.15, -0.1) is 0 Å². The lowest BCUT2D eigenvalue weighted by Gasteiger charge is -2.26. The van der Waals surface area contributed by atoms with E-state index in [2.05, 4.69) is 10.2 Å². The minimum absolute atomic E-state index is 0.00780. The predicted molar refractivity (Wildman–Crippen MR) is 88.4 cm³/mol. The van der Waals surface area contributed by atoms with Gasteiger partial charge in [0.25, 0.3) is 0 Å². The number of carbonyl (C=O) groups is 1. The molecule has 9 nitrogen and oxygen atoms in total. The Hall–Kier alpha value is -2.20. The summed E-state index contributed by atoms with van der Waals surface area (Å²) in [6.07, 6.45) is 1.91. The van der Waals surface area contributed by atoms with E-state index < -0.39 is 16.0 Å². The molecule has 0 radical (unpaired) electrons. The van der Waals surface area contributed by atoms with Gasteiger partial charge in [-0.3, -0.25) is 14.2 Å². The Balaban J connectivity index is 1.81. The Bertz CT molecular complexity index is 899. The van der Waals surface area contributed by atoms with Crippen LogP contribution in [0.1, 0.15) is 30.4 Å². The van der Waals surface area contributed by atoms with E-state index in [1.54, 1.807) is 28.6 Å². The molecule has 0 amide bonds. The molecule has 1 aliphatic rings. The lowest BCUT2D eigenvalue weighted by Crippen LogP contribution is -2.38. The lowest BCUT2D eigenvalue weighted by molar-refractivity contribution is -0.136. The fourth-order valence-corrected chi connectivity index (χ4v) is 4.49. The summed E-state index contributed by atoms with van der Waals surface area (Å²) >= 11 is 0. The van der Waals surface area contributed by atoms with Crippen molar-refractivity contribution >= 4 is 16.0 Å². The summed E-state index contributed by atoms with van der Waals surface area (Å²) in [4.78, 5) is 10.9. The number of nitrogens with zero attached hydrogens (tertiary/aromatic N) is 5. The highest BCUT2D eigenvalue weighted by Crippen LogP contribution is 2.24. The van der Waals surface area contributed by atoms with E-state index in [1.165, 1.54) is 4.31 Å². The van der Waals surface area contributed by atoms with Crippen LogP contribution in [0.25, 0.3) is 0 Å². The number of aromatic nitrogens is 4. The van der Waals surface area contributed by atoms with Crippen molar-refractivity contribution in [3.63, 3.8) is 0 Å². The molecule has 0 atom stereocenters. The van der Waals surface area contributed by atoms with Gasteiger partial charge in [0.15, 0.2) is 0 Å². The number of aryl methyl sites for hydroxylation is 3. The van der Waals surface area contributed by atoms with Gasteiger partial charge in [0.1, 0.15) is 4.90 Å². The first kappa shape index (κ1) is 17.6. The second-order valence-electron chi connectivity index (χ2n) is 6.02. The van der Waals surface area contributed by atoms with Crippen molar-refractivity contribution < 1.29 is 18.3 Å². The molecule has 2 aromatic rings. The van der Waals surface area contributed by atoms with E-state index >= 15 is 0 Å². The second kappa shape index (κ2) is 6.60. The zero-order valence-corrected chi connectivity index (χ0v) is 15.0. The minimum Gasteiger partial charge on any atom is -0.481 e. The summed E-state index contributed by atoms with van der Waals surface area (Å²) in [6, 6.07) is 1.78. The minimum atomic E-state index is -3.63. The van der Waals surface area contributed by atoms with Crippen molar-refractivity contribution in [3.8, 4) is 0 Å². The Morgan fingerprint density at radius 3 is 2.72 bits per heavy atom. The molecule has 0 saturated heterocycles. The molecule has 136 valence electrons. The molecule has 0 aromatic carbocycles. The quantitative estimate of drug-likeness (QED) is 0.802. The molecule has 0 unspecified atom stereocenters. The average Bonchev–Trinajstić information content (AvgIpc) is 3.15. The smallest absolute Gasteiger partial charge is 0.303 e. The third-order valence-electron chi connectivity index (χ3n) is 4.25. The molecule has 3 rings (SSSR count). The third-order valence-corrected chi connectivity index (χ3v) is 6.20. The fourth-order valence-electron chi connectivity index (χ4n) is 2.92. The van der Waals surface area contributed by atoms with E-state index in [0.29, 0.717) is 37.4 Å². The number of aliphatic carboxylic acids is 1. The number of hydrogen-bond donors (Lipinski definition) is 1. The molecular weight excluding hydrogens is 346 g/mol. The highest BCUT2D eigenvalue weighted by atomic mass is 32.2. The van der Waals surface area contributed by atoms with E-state index in [-0.39, 0.29) is 17.9 Å². The Labute approximate surface area is 145 Å². The number of hydrogen-bond acceptors (Lipinski definition) is 5. The monoisotopic (exact) mass is 367 g/mol. The first-order valence-corrected chi connectivity index (χ1v) is 9.57. The van der Waals surface area contributed by atoms with Gasteiger partial charge in [-0.05, 0) is 19.9 Å². The van der Waals surface area contributed by atoms with Crippen LogP contribution in [0.15, 0.2) is 17.2 Å². The Kier molecular flexibility index (Phi) is 4.65. The maximum absolute atomic E-state index is 12.9. The molecule has 10 heteroatoms. The predicted octanol–water partition coefficient (Wildman–Crippen LogP) is 0.630. The molecule has 0 saturated carbocycles. The molecule has 1 aliphatic heterocycles. The van der Waals surface area contributed by atoms with Crippen molar-refractivity contribution in [2.24, 2.45) is 0 Å². The highest BCUT2D eigenvalue weighted by Gasteiger charge is 2.31. The van der Waals surface area contributed by atoms with Gasteiger partial charge in [0.2, 0.25) is 10.0 Å². The van der Waals surface area contributed by atoms with E-state index in [0.717, 1.165) is 5.69 Å². The summed E-state index contributed by atoms with van der Waals surface area (Å²) in [5.41, 5.74) is 1.94. The third kappa shape index (κ3) is 3.45. The van der Waals surface area contributed by atoms with Crippen molar-refractivity contribution in [1.29, 1.82) is 0 Å². The first-order valence-electron chi connectivity index (χ1n) is 8.13. The lowest BCUT2D eigenvalue weighted by atomic mass is 10.2. The summed E-state index contributed by atoms with van der Waals surface area (Å²) in [7, 11) is -3.63. The van der Waals surface area contributed by atoms with Gasteiger partial charge in [0, 0.05) is 25.7 Å².